The van der Waals surface area contributed by atoms with Crippen LogP contribution in [-0.4, -0.2) is 75.2 Å². The minimum absolute atomic E-state index is 0.0535. The lowest BCUT2D eigenvalue weighted by atomic mass is 9.89. The van der Waals surface area contributed by atoms with Gasteiger partial charge in [0.05, 0.1) is 29.5 Å². The topological polar surface area (TPSA) is 125 Å². The lowest BCUT2D eigenvalue weighted by molar-refractivity contribution is -0.146. The van der Waals surface area contributed by atoms with E-state index in [0.717, 1.165) is 59.5 Å². The Morgan fingerprint density at radius 1 is 1.10 bits per heavy atom. The summed E-state index contributed by atoms with van der Waals surface area (Å²) in [5, 5.41) is 25.4. The van der Waals surface area contributed by atoms with Crippen molar-refractivity contribution in [3.8, 4) is 28.3 Å². The maximum absolute atomic E-state index is 12.8. The van der Waals surface area contributed by atoms with Crippen molar-refractivity contribution in [2.45, 2.75) is 57.2 Å². The Labute approximate surface area is 245 Å². The van der Waals surface area contributed by atoms with Gasteiger partial charge >= 0.3 is 0 Å². The summed E-state index contributed by atoms with van der Waals surface area (Å²) in [6.07, 6.45) is 12.7. The number of nitrogens with one attached hydrogen (secondary N) is 2. The molecule has 0 bridgehead atoms. The summed E-state index contributed by atoms with van der Waals surface area (Å²) in [4.78, 5) is 19.8. The number of hydrogen-bond donors (Lipinski definition) is 2. The minimum Gasteiger partial charge on any atom is -0.368 e. The van der Waals surface area contributed by atoms with Gasteiger partial charge in [0.1, 0.15) is 17.5 Å². The first-order chi connectivity index (χ1) is 20.4. The molecule has 0 aliphatic carbocycles. The molecule has 0 unspecified atom stereocenters. The van der Waals surface area contributed by atoms with E-state index >= 15 is 0 Å². The van der Waals surface area contributed by atoms with Crippen LogP contribution in [0.15, 0.2) is 49.2 Å². The molecular weight excluding hydrogens is 530 g/mol. The van der Waals surface area contributed by atoms with E-state index in [-0.39, 0.29) is 11.9 Å². The summed E-state index contributed by atoms with van der Waals surface area (Å²) >= 11 is 0. The fourth-order valence-electron chi connectivity index (χ4n) is 6.09. The number of rotatable bonds is 7. The van der Waals surface area contributed by atoms with Crippen LogP contribution in [0.3, 0.4) is 0 Å². The number of carbonyl (C=O) groups is 1. The number of fused-ring (bicyclic) bond motifs is 1. The van der Waals surface area contributed by atoms with Gasteiger partial charge in [0.15, 0.2) is 0 Å². The van der Waals surface area contributed by atoms with E-state index in [2.05, 4.69) is 48.7 Å². The highest BCUT2D eigenvalue weighted by Gasteiger charge is 2.42. The van der Waals surface area contributed by atoms with Crippen LogP contribution < -0.4 is 15.5 Å². The number of pyridine rings is 2. The largest absolute Gasteiger partial charge is 0.368 e. The van der Waals surface area contributed by atoms with E-state index in [0.29, 0.717) is 37.5 Å². The van der Waals surface area contributed by atoms with Crippen LogP contribution >= 0.6 is 0 Å². The van der Waals surface area contributed by atoms with E-state index in [1.54, 1.807) is 17.8 Å². The van der Waals surface area contributed by atoms with Crippen LogP contribution in [0.5, 0.6) is 0 Å². The van der Waals surface area contributed by atoms with Crippen LogP contribution in [0.1, 0.15) is 51.1 Å². The lowest BCUT2D eigenvalue weighted by Crippen LogP contribution is -2.56. The smallest absolute Gasteiger partial charge is 0.252 e. The summed E-state index contributed by atoms with van der Waals surface area (Å²) in [6.45, 7) is 7.23. The van der Waals surface area contributed by atoms with E-state index in [1.807, 2.05) is 44.6 Å². The highest BCUT2D eigenvalue weighted by molar-refractivity contribution is 5.88. The monoisotopic (exact) mass is 567 g/mol. The van der Waals surface area contributed by atoms with Crippen molar-refractivity contribution >= 4 is 17.2 Å². The number of piperidine rings is 2. The SMILES string of the molecule is COC1(C(=O)NC(C)C)CCN(c2ccc(-c3cc(-c4cnn(C5CCNCC5)c4)cn4ncc(C#N)c34)cn2)CC1. The van der Waals surface area contributed by atoms with Crippen molar-refractivity contribution < 1.29 is 9.53 Å². The molecule has 11 heteroatoms. The third-order valence-corrected chi connectivity index (χ3v) is 8.53. The molecule has 218 valence electrons. The van der Waals surface area contributed by atoms with Crippen molar-refractivity contribution in [3.05, 3.63) is 54.7 Å². The predicted molar refractivity (Wildman–Crippen MR) is 160 cm³/mol. The Bertz CT molecular complexity index is 1600. The molecule has 0 atom stereocenters. The molecule has 2 aliphatic heterocycles. The summed E-state index contributed by atoms with van der Waals surface area (Å²) in [6, 6.07) is 8.88. The van der Waals surface area contributed by atoms with Crippen molar-refractivity contribution in [1.29, 1.82) is 5.26 Å². The average Bonchev–Trinajstić information content (AvgIpc) is 3.69. The fraction of sp³-hybridized carbons (Fsp3) is 0.452. The second kappa shape index (κ2) is 11.5. The molecule has 42 heavy (non-hydrogen) atoms. The molecule has 11 nitrogen and oxygen atoms in total. The van der Waals surface area contributed by atoms with Crippen LogP contribution in [0, 0.1) is 11.3 Å². The Balaban J connectivity index is 1.27. The van der Waals surface area contributed by atoms with Gasteiger partial charge in [-0.3, -0.25) is 9.48 Å². The Hall–Kier alpha value is -4.27. The van der Waals surface area contributed by atoms with E-state index in [1.165, 1.54) is 0 Å². The van der Waals surface area contributed by atoms with Gasteiger partial charge in [0.25, 0.3) is 5.91 Å². The third-order valence-electron chi connectivity index (χ3n) is 8.53. The number of anilines is 1. The highest BCUT2D eigenvalue weighted by Crippen LogP contribution is 2.34. The van der Waals surface area contributed by atoms with Crippen molar-refractivity contribution in [1.82, 2.24) is 35.0 Å². The number of aromatic nitrogens is 5. The van der Waals surface area contributed by atoms with Gasteiger partial charge in [-0.1, -0.05) is 0 Å². The first-order valence-electron chi connectivity index (χ1n) is 14.6. The summed E-state index contributed by atoms with van der Waals surface area (Å²) in [5.41, 5.74) is 4.21. The minimum atomic E-state index is -0.815. The second-order valence-electron chi connectivity index (χ2n) is 11.5. The molecule has 2 saturated heterocycles. The van der Waals surface area contributed by atoms with Gasteiger partial charge in [-0.25, -0.2) is 9.50 Å². The molecule has 0 saturated carbocycles. The number of amides is 1. The maximum Gasteiger partial charge on any atom is 0.252 e. The molecule has 2 aliphatic rings. The first-order valence-corrected chi connectivity index (χ1v) is 14.6. The molecule has 0 aromatic carbocycles. The lowest BCUT2D eigenvalue weighted by Gasteiger charge is -2.40. The van der Waals surface area contributed by atoms with Crippen LogP contribution in [0.25, 0.3) is 27.8 Å². The molecule has 1 amide bonds. The molecule has 0 spiro atoms. The number of nitrogens with zero attached hydrogens (tertiary/aromatic N) is 7. The molecule has 0 radical (unpaired) electrons. The van der Waals surface area contributed by atoms with Gasteiger partial charge < -0.3 is 20.3 Å². The first kappa shape index (κ1) is 27.9. The zero-order valence-electron chi connectivity index (χ0n) is 24.4. The standard InChI is InChI=1S/C31H37N9O2/c1-21(2)37-30(41)31(42-3)8-12-38(13-9-31)28-5-4-22(16-34-28)27-14-23(19-40-29(27)24(15-32)17-36-40)25-18-35-39(20-25)26-6-10-33-11-7-26/h4-5,14,16-21,26,33H,6-13H2,1-3H3,(H,37,41). The third kappa shape index (κ3) is 5.24. The number of ether oxygens (including phenoxy) is 1. The van der Waals surface area contributed by atoms with Crippen LogP contribution in [0.4, 0.5) is 5.82 Å². The number of hydrogen-bond acceptors (Lipinski definition) is 8. The number of carbonyl (C=O) groups excluding carboxylic acids is 1. The van der Waals surface area contributed by atoms with E-state index in [9.17, 15) is 10.1 Å². The highest BCUT2D eigenvalue weighted by atomic mass is 16.5. The Morgan fingerprint density at radius 3 is 2.55 bits per heavy atom. The van der Waals surface area contributed by atoms with Crippen molar-refractivity contribution in [3.63, 3.8) is 0 Å². The average molecular weight is 568 g/mol. The van der Waals surface area contributed by atoms with Gasteiger partial charge in [-0.2, -0.15) is 15.5 Å². The Morgan fingerprint density at radius 2 is 1.88 bits per heavy atom. The molecule has 4 aromatic heterocycles. The fourth-order valence-corrected chi connectivity index (χ4v) is 6.09. The maximum atomic E-state index is 12.8. The quantitative estimate of drug-likeness (QED) is 0.347. The molecule has 6 rings (SSSR count). The van der Waals surface area contributed by atoms with Crippen molar-refractivity contribution in [2.24, 2.45) is 0 Å². The molecule has 2 N–H and O–H groups in total. The molecular formula is C31H37N9O2. The van der Waals surface area contributed by atoms with Gasteiger partial charge in [0.2, 0.25) is 0 Å². The second-order valence-corrected chi connectivity index (χ2v) is 11.5. The molecule has 4 aromatic rings. The summed E-state index contributed by atoms with van der Waals surface area (Å²) in [7, 11) is 1.61. The summed E-state index contributed by atoms with van der Waals surface area (Å²) < 4.78 is 9.59. The van der Waals surface area contributed by atoms with Gasteiger partial charge in [0, 0.05) is 79.9 Å². The van der Waals surface area contributed by atoms with E-state index in [4.69, 9.17) is 9.72 Å². The van der Waals surface area contributed by atoms with Crippen LogP contribution in [0.2, 0.25) is 0 Å². The normalized spacial score (nSPS) is 17.5. The molecule has 6 heterocycles. The number of nitriles is 1. The summed E-state index contributed by atoms with van der Waals surface area (Å²) in [5.74, 6) is 0.791. The number of methoxy groups -OCH3 is 1. The van der Waals surface area contributed by atoms with Gasteiger partial charge in [-0.05, 0) is 58.0 Å². The van der Waals surface area contributed by atoms with Crippen molar-refractivity contribution in [2.75, 3.05) is 38.2 Å². The molecule has 2 fully saturated rings. The van der Waals surface area contributed by atoms with E-state index < -0.39 is 5.60 Å². The zero-order chi connectivity index (χ0) is 29.3. The zero-order valence-corrected chi connectivity index (χ0v) is 24.4. The Kier molecular flexibility index (Phi) is 7.66. The predicted octanol–water partition coefficient (Wildman–Crippen LogP) is 3.57. The van der Waals surface area contributed by atoms with Gasteiger partial charge in [-0.15, -0.1) is 0 Å². The van der Waals surface area contributed by atoms with Crippen LogP contribution in [-0.2, 0) is 9.53 Å².